The molecule has 2 aliphatic rings. The second-order valence-corrected chi connectivity index (χ2v) is 6.40. The van der Waals surface area contributed by atoms with Crippen LogP contribution in [0.4, 0.5) is 5.69 Å². The number of hydrogen-bond donors (Lipinski definition) is 2. The van der Waals surface area contributed by atoms with Gasteiger partial charge >= 0.3 is 17.8 Å². The third-order valence-corrected chi connectivity index (χ3v) is 4.54. The molecule has 1 aliphatic heterocycles. The van der Waals surface area contributed by atoms with E-state index in [1.807, 2.05) is 0 Å². The largest absolute Gasteiger partial charge is 0.465 e. The molecular weight excluding hydrogens is 340 g/mol. The normalized spacial score (nSPS) is 20.7. The third kappa shape index (κ3) is 4.20. The number of carbonyl (C=O) groups excluding carboxylic acids is 3. The molecule has 8 nitrogen and oxygen atoms in total. The first kappa shape index (κ1) is 18.3. The molecule has 0 radical (unpaired) electrons. The van der Waals surface area contributed by atoms with E-state index in [4.69, 9.17) is 9.47 Å². The van der Waals surface area contributed by atoms with E-state index in [1.54, 1.807) is 0 Å². The summed E-state index contributed by atoms with van der Waals surface area (Å²) in [7, 11) is 1.29. The molecule has 1 heterocycles. The van der Waals surface area contributed by atoms with Gasteiger partial charge in [-0.15, -0.1) is 0 Å². The average molecular weight is 362 g/mol. The van der Waals surface area contributed by atoms with E-state index in [1.165, 1.54) is 31.4 Å². The summed E-state index contributed by atoms with van der Waals surface area (Å²) >= 11 is 0. The molecule has 1 saturated carbocycles. The van der Waals surface area contributed by atoms with Gasteiger partial charge in [0.05, 0.1) is 19.3 Å². The van der Waals surface area contributed by atoms with E-state index in [0.717, 1.165) is 25.7 Å². The van der Waals surface area contributed by atoms with Gasteiger partial charge in [0, 0.05) is 25.1 Å². The van der Waals surface area contributed by atoms with Crippen molar-refractivity contribution in [3.05, 3.63) is 29.8 Å². The summed E-state index contributed by atoms with van der Waals surface area (Å²) in [5.74, 6) is -2.50. The van der Waals surface area contributed by atoms with Crippen LogP contribution in [0.5, 0.6) is 0 Å². The highest BCUT2D eigenvalue weighted by atomic mass is 16.7. The van der Waals surface area contributed by atoms with Crippen molar-refractivity contribution in [1.29, 1.82) is 0 Å². The Hall–Kier alpha value is -2.45. The fourth-order valence-corrected chi connectivity index (χ4v) is 3.18. The van der Waals surface area contributed by atoms with Crippen LogP contribution < -0.4 is 10.6 Å². The first-order valence-corrected chi connectivity index (χ1v) is 8.61. The predicted molar refractivity (Wildman–Crippen MR) is 91.4 cm³/mol. The fraction of sp³-hybridized carbons (Fsp3) is 0.500. The lowest BCUT2D eigenvalue weighted by Gasteiger charge is -2.21. The molecule has 1 aromatic carbocycles. The quantitative estimate of drug-likeness (QED) is 0.617. The third-order valence-electron chi connectivity index (χ3n) is 4.54. The van der Waals surface area contributed by atoms with Crippen LogP contribution in [0.25, 0.3) is 0 Å². The number of rotatable bonds is 4. The molecule has 1 spiro atoms. The lowest BCUT2D eigenvalue weighted by atomic mass is 10.2. The Morgan fingerprint density at radius 3 is 2.50 bits per heavy atom. The van der Waals surface area contributed by atoms with Crippen molar-refractivity contribution < 1.29 is 28.6 Å². The van der Waals surface area contributed by atoms with Crippen LogP contribution >= 0.6 is 0 Å². The predicted octanol–water partition coefficient (Wildman–Crippen LogP) is 1.21. The molecule has 8 heteroatoms. The molecule has 1 saturated heterocycles. The number of carbonyl (C=O) groups is 3. The monoisotopic (exact) mass is 362 g/mol. The van der Waals surface area contributed by atoms with Gasteiger partial charge < -0.3 is 24.8 Å². The number of ether oxygens (including phenoxy) is 3. The molecule has 2 amide bonds. The maximum Gasteiger partial charge on any atom is 0.337 e. The molecule has 3 rings (SSSR count). The van der Waals surface area contributed by atoms with Crippen molar-refractivity contribution in [2.24, 2.45) is 0 Å². The molecular formula is C18H22N2O6. The Labute approximate surface area is 151 Å². The zero-order chi connectivity index (χ0) is 18.6. The SMILES string of the molecule is COC(=O)c1ccc(NC(=O)C(=O)NC[C@H]2COC3(CCCC3)O2)cc1. The number of nitrogens with one attached hydrogen (secondary N) is 2. The molecule has 2 fully saturated rings. The van der Waals surface area contributed by atoms with E-state index >= 15 is 0 Å². The van der Waals surface area contributed by atoms with E-state index in [9.17, 15) is 14.4 Å². The second kappa shape index (κ2) is 7.84. The Bertz CT molecular complexity index is 681. The Kier molecular flexibility index (Phi) is 5.53. The first-order valence-electron chi connectivity index (χ1n) is 8.61. The smallest absolute Gasteiger partial charge is 0.337 e. The van der Waals surface area contributed by atoms with Gasteiger partial charge in [0.25, 0.3) is 0 Å². The average Bonchev–Trinajstić information content (AvgIpc) is 3.29. The number of anilines is 1. The molecule has 1 atom stereocenters. The minimum atomic E-state index is -0.787. The molecule has 0 bridgehead atoms. The maximum atomic E-state index is 12.0. The number of benzene rings is 1. The van der Waals surface area contributed by atoms with Gasteiger partial charge in [-0.05, 0) is 37.1 Å². The molecule has 1 aromatic rings. The van der Waals surface area contributed by atoms with Crippen LogP contribution in [0.3, 0.4) is 0 Å². The summed E-state index contributed by atoms with van der Waals surface area (Å²) in [6, 6.07) is 6.05. The van der Waals surface area contributed by atoms with Gasteiger partial charge in [-0.1, -0.05) is 0 Å². The van der Waals surface area contributed by atoms with Crippen LogP contribution in [-0.2, 0) is 23.8 Å². The van der Waals surface area contributed by atoms with Gasteiger partial charge in [-0.3, -0.25) is 9.59 Å². The van der Waals surface area contributed by atoms with Crippen molar-refractivity contribution >= 4 is 23.5 Å². The Balaban J connectivity index is 1.44. The van der Waals surface area contributed by atoms with Crippen molar-refractivity contribution in [2.45, 2.75) is 37.6 Å². The minimum absolute atomic E-state index is 0.218. The van der Waals surface area contributed by atoms with Crippen LogP contribution in [-0.4, -0.2) is 49.9 Å². The fourth-order valence-electron chi connectivity index (χ4n) is 3.18. The van der Waals surface area contributed by atoms with Crippen molar-refractivity contribution in [2.75, 3.05) is 25.6 Å². The van der Waals surface area contributed by atoms with Crippen LogP contribution in [0.2, 0.25) is 0 Å². The van der Waals surface area contributed by atoms with Gasteiger partial charge in [-0.2, -0.15) is 0 Å². The lowest BCUT2D eigenvalue weighted by Crippen LogP contribution is -2.40. The van der Waals surface area contributed by atoms with E-state index in [-0.39, 0.29) is 12.6 Å². The van der Waals surface area contributed by atoms with Gasteiger partial charge in [-0.25, -0.2) is 4.79 Å². The van der Waals surface area contributed by atoms with Crippen LogP contribution in [0, 0.1) is 0 Å². The zero-order valence-electron chi connectivity index (χ0n) is 14.6. The van der Waals surface area contributed by atoms with Crippen LogP contribution in [0.15, 0.2) is 24.3 Å². The molecule has 1 aliphatic carbocycles. The summed E-state index contributed by atoms with van der Waals surface area (Å²) in [6.45, 7) is 0.631. The standard InChI is InChI=1S/C18H22N2O6/c1-24-17(23)12-4-6-13(7-5-12)20-16(22)15(21)19-10-14-11-25-18(26-14)8-2-3-9-18/h4-7,14H,2-3,8-11H2,1H3,(H,19,21)(H,20,22)/t14-/m0/s1. The Morgan fingerprint density at radius 2 is 1.85 bits per heavy atom. The molecule has 140 valence electrons. The molecule has 2 N–H and O–H groups in total. The summed E-state index contributed by atoms with van der Waals surface area (Å²) in [5.41, 5.74) is 0.761. The maximum absolute atomic E-state index is 12.0. The zero-order valence-corrected chi connectivity index (χ0v) is 14.6. The summed E-state index contributed by atoms with van der Waals surface area (Å²) < 4.78 is 16.2. The minimum Gasteiger partial charge on any atom is -0.465 e. The second-order valence-electron chi connectivity index (χ2n) is 6.40. The van der Waals surface area contributed by atoms with E-state index in [0.29, 0.717) is 17.9 Å². The molecule has 0 aromatic heterocycles. The summed E-state index contributed by atoms with van der Waals surface area (Å²) in [4.78, 5) is 35.3. The topological polar surface area (TPSA) is 103 Å². The summed E-state index contributed by atoms with van der Waals surface area (Å²) in [5, 5.41) is 5.03. The highest BCUT2D eigenvalue weighted by Crippen LogP contribution is 2.38. The first-order chi connectivity index (χ1) is 12.5. The number of hydrogen-bond acceptors (Lipinski definition) is 6. The summed E-state index contributed by atoms with van der Waals surface area (Å²) in [6.07, 6.45) is 3.66. The van der Waals surface area contributed by atoms with Crippen molar-refractivity contribution in [1.82, 2.24) is 5.32 Å². The van der Waals surface area contributed by atoms with Gasteiger partial charge in [0.1, 0.15) is 6.10 Å². The number of esters is 1. The van der Waals surface area contributed by atoms with Crippen molar-refractivity contribution in [3.8, 4) is 0 Å². The number of amides is 2. The van der Waals surface area contributed by atoms with Crippen molar-refractivity contribution in [3.63, 3.8) is 0 Å². The van der Waals surface area contributed by atoms with Crippen LogP contribution in [0.1, 0.15) is 36.0 Å². The van der Waals surface area contributed by atoms with Gasteiger partial charge in [0.2, 0.25) is 0 Å². The molecule has 26 heavy (non-hydrogen) atoms. The van der Waals surface area contributed by atoms with E-state index in [2.05, 4.69) is 15.4 Å². The van der Waals surface area contributed by atoms with Gasteiger partial charge in [0.15, 0.2) is 5.79 Å². The lowest BCUT2D eigenvalue weighted by molar-refractivity contribution is -0.161. The highest BCUT2D eigenvalue weighted by Gasteiger charge is 2.43. The molecule has 0 unspecified atom stereocenters. The number of methoxy groups -OCH3 is 1. The Morgan fingerprint density at radius 1 is 1.15 bits per heavy atom. The highest BCUT2D eigenvalue weighted by molar-refractivity contribution is 6.39. The van der Waals surface area contributed by atoms with E-state index < -0.39 is 23.6 Å².